The molecule has 0 aliphatic carbocycles. The van der Waals surface area contributed by atoms with Crippen molar-refractivity contribution in [3.05, 3.63) is 35.9 Å². The SMILES string of the molecule is C[O][Hf]([CH2]c1ccccc1)([O]C)[O]C. The van der Waals surface area contributed by atoms with Crippen LogP contribution in [0.25, 0.3) is 0 Å². The summed E-state index contributed by atoms with van der Waals surface area (Å²) < 4.78 is 17.0. The summed E-state index contributed by atoms with van der Waals surface area (Å²) in [5.74, 6) is 0. The molecule has 4 heteroatoms. The van der Waals surface area contributed by atoms with Crippen molar-refractivity contribution in [3.63, 3.8) is 0 Å². The van der Waals surface area contributed by atoms with Crippen molar-refractivity contribution in [1.82, 2.24) is 0 Å². The second kappa shape index (κ2) is 5.75. The fourth-order valence-corrected chi connectivity index (χ4v) is 7.31. The van der Waals surface area contributed by atoms with Gasteiger partial charge >= 0.3 is 91.2 Å². The van der Waals surface area contributed by atoms with Gasteiger partial charge in [0, 0.05) is 0 Å². The van der Waals surface area contributed by atoms with Crippen LogP contribution in [0.1, 0.15) is 5.56 Å². The van der Waals surface area contributed by atoms with Crippen LogP contribution in [0.3, 0.4) is 0 Å². The van der Waals surface area contributed by atoms with Gasteiger partial charge in [0.1, 0.15) is 0 Å². The summed E-state index contributed by atoms with van der Waals surface area (Å²) in [4.78, 5) is 0. The maximum atomic E-state index is 5.42. The third kappa shape index (κ3) is 2.98. The molecule has 3 nitrogen and oxygen atoms in total. The summed E-state index contributed by atoms with van der Waals surface area (Å²) in [6.07, 6.45) is 0. The molecule has 0 aliphatic rings. The molecule has 0 N–H and O–H groups in total. The first-order valence-electron chi connectivity index (χ1n) is 4.45. The van der Waals surface area contributed by atoms with Crippen molar-refractivity contribution in [2.24, 2.45) is 0 Å². The van der Waals surface area contributed by atoms with E-state index in [1.165, 1.54) is 5.56 Å². The molecule has 0 aliphatic heterocycles. The Balaban J connectivity index is 2.74. The first-order valence-corrected chi connectivity index (χ1v) is 11.4. The fourth-order valence-electron chi connectivity index (χ4n) is 1.31. The van der Waals surface area contributed by atoms with Gasteiger partial charge in [-0.2, -0.15) is 0 Å². The van der Waals surface area contributed by atoms with E-state index in [-0.39, 0.29) is 0 Å². The molecule has 0 spiro atoms. The van der Waals surface area contributed by atoms with Crippen molar-refractivity contribution in [2.75, 3.05) is 21.3 Å². The molecular weight excluding hydrogens is 347 g/mol. The van der Waals surface area contributed by atoms with E-state index in [0.29, 0.717) is 0 Å². The minimum atomic E-state index is -3.35. The van der Waals surface area contributed by atoms with Crippen molar-refractivity contribution < 1.29 is 29.8 Å². The molecule has 0 aromatic heterocycles. The zero-order chi connectivity index (χ0) is 10.4. The van der Waals surface area contributed by atoms with E-state index in [9.17, 15) is 0 Å². The van der Waals surface area contributed by atoms with E-state index in [1.54, 1.807) is 21.3 Å². The van der Waals surface area contributed by atoms with Gasteiger partial charge in [0.15, 0.2) is 0 Å². The van der Waals surface area contributed by atoms with Crippen LogP contribution in [0.15, 0.2) is 30.3 Å². The van der Waals surface area contributed by atoms with Crippen LogP contribution in [0.2, 0.25) is 0 Å². The van der Waals surface area contributed by atoms with Crippen LogP contribution in [0, 0.1) is 0 Å². The van der Waals surface area contributed by atoms with Crippen molar-refractivity contribution in [2.45, 2.75) is 4.18 Å². The van der Waals surface area contributed by atoms with Crippen LogP contribution in [-0.2, 0) is 34.0 Å². The van der Waals surface area contributed by atoms with E-state index in [0.717, 1.165) is 4.18 Å². The second-order valence-corrected chi connectivity index (χ2v) is 13.5. The third-order valence-electron chi connectivity index (χ3n) is 2.20. The van der Waals surface area contributed by atoms with E-state index in [4.69, 9.17) is 8.56 Å². The van der Waals surface area contributed by atoms with Crippen LogP contribution >= 0.6 is 0 Å². The minimum absolute atomic E-state index is 0.789. The van der Waals surface area contributed by atoms with Gasteiger partial charge in [0.25, 0.3) is 0 Å². The molecule has 0 saturated carbocycles. The van der Waals surface area contributed by atoms with E-state index < -0.39 is 21.3 Å². The molecule has 0 unspecified atom stereocenters. The van der Waals surface area contributed by atoms with Gasteiger partial charge in [-0.25, -0.2) is 0 Å². The first-order chi connectivity index (χ1) is 6.76. The van der Waals surface area contributed by atoms with Gasteiger partial charge in [-0.3, -0.25) is 0 Å². The summed E-state index contributed by atoms with van der Waals surface area (Å²) in [6, 6.07) is 10.1. The Morgan fingerprint density at radius 1 is 0.929 bits per heavy atom. The predicted octanol–water partition coefficient (Wildman–Crippen LogP) is 2.02. The molecule has 14 heavy (non-hydrogen) atoms. The summed E-state index contributed by atoms with van der Waals surface area (Å²) >= 11 is -3.35. The molecule has 0 atom stereocenters. The summed E-state index contributed by atoms with van der Waals surface area (Å²) in [6.45, 7) is 0. The van der Waals surface area contributed by atoms with Crippen molar-refractivity contribution >= 4 is 0 Å². The maximum absolute atomic E-state index is 5.42. The molecule has 1 rings (SSSR count). The predicted molar refractivity (Wildman–Crippen MR) is 51.2 cm³/mol. The molecule has 1 aromatic carbocycles. The van der Waals surface area contributed by atoms with Gasteiger partial charge in [0.05, 0.1) is 0 Å². The molecule has 0 saturated heterocycles. The zero-order valence-corrected chi connectivity index (χ0v) is 12.4. The van der Waals surface area contributed by atoms with Gasteiger partial charge in [-0.05, 0) is 0 Å². The number of benzene rings is 1. The number of hydrogen-bond donors (Lipinski definition) is 0. The molecule has 0 radical (unpaired) electrons. The summed E-state index contributed by atoms with van der Waals surface area (Å²) in [5, 5.41) is 0. The van der Waals surface area contributed by atoms with E-state index in [1.807, 2.05) is 18.2 Å². The Morgan fingerprint density at radius 3 is 1.86 bits per heavy atom. The van der Waals surface area contributed by atoms with Gasteiger partial charge in [-0.1, -0.05) is 0 Å². The topological polar surface area (TPSA) is 27.7 Å². The van der Waals surface area contributed by atoms with Crippen molar-refractivity contribution in [3.8, 4) is 0 Å². The molecular formula is C10H16HfO3. The molecule has 78 valence electrons. The third-order valence-corrected chi connectivity index (χ3v) is 11.9. The molecule has 0 amide bonds. The van der Waals surface area contributed by atoms with E-state index in [2.05, 4.69) is 12.1 Å². The fraction of sp³-hybridized carbons (Fsp3) is 0.400. The van der Waals surface area contributed by atoms with Gasteiger partial charge < -0.3 is 0 Å². The van der Waals surface area contributed by atoms with Gasteiger partial charge in [-0.15, -0.1) is 0 Å². The first kappa shape index (κ1) is 12.0. The van der Waals surface area contributed by atoms with Crippen LogP contribution in [0.5, 0.6) is 0 Å². The average molecular weight is 363 g/mol. The monoisotopic (exact) mass is 364 g/mol. The quantitative estimate of drug-likeness (QED) is 0.750. The normalized spacial score (nSPS) is 11.6. The Morgan fingerprint density at radius 2 is 1.43 bits per heavy atom. The Kier molecular flexibility index (Phi) is 4.95. The Labute approximate surface area is 91.1 Å². The van der Waals surface area contributed by atoms with Gasteiger partial charge in [0.2, 0.25) is 0 Å². The van der Waals surface area contributed by atoms with Crippen LogP contribution in [-0.4, -0.2) is 21.3 Å². The summed E-state index contributed by atoms with van der Waals surface area (Å²) in [5.41, 5.74) is 1.21. The standard InChI is InChI=1S/C7H7.3CH3O.Hf/c1-7-5-3-2-4-6-7;3*1-2;/h2-6H,1H2;3*1H3;/q;3*-1;+3. The molecule has 0 fully saturated rings. The van der Waals surface area contributed by atoms with E-state index >= 15 is 0 Å². The number of rotatable bonds is 5. The molecule has 0 bridgehead atoms. The van der Waals surface area contributed by atoms with Crippen molar-refractivity contribution in [1.29, 1.82) is 0 Å². The van der Waals surface area contributed by atoms with Crippen LogP contribution < -0.4 is 0 Å². The Hall–Kier alpha value is -0.0299. The molecule has 0 heterocycles. The van der Waals surface area contributed by atoms with Crippen LogP contribution in [0.4, 0.5) is 0 Å². The molecule has 1 aromatic rings. The average Bonchev–Trinajstić information content (AvgIpc) is 2.28. The number of hydrogen-bond acceptors (Lipinski definition) is 3. The summed E-state index contributed by atoms with van der Waals surface area (Å²) in [7, 11) is 4.99. The Bertz CT molecular complexity index is 251. The zero-order valence-electron chi connectivity index (χ0n) is 8.82. The second-order valence-electron chi connectivity index (χ2n) is 2.96.